The van der Waals surface area contributed by atoms with Gasteiger partial charge in [-0.15, -0.1) is 0 Å². The third-order valence-electron chi connectivity index (χ3n) is 2.63. The molecule has 0 heterocycles. The predicted molar refractivity (Wildman–Crippen MR) is 76.0 cm³/mol. The molecule has 1 unspecified atom stereocenters. The number of hydrogen-bond donors (Lipinski definition) is 1. The van der Waals surface area contributed by atoms with E-state index in [1.165, 1.54) is 33.3 Å². The lowest BCUT2D eigenvalue weighted by atomic mass is 10.3. The van der Waals surface area contributed by atoms with Crippen LogP contribution < -0.4 is 14.2 Å². The van der Waals surface area contributed by atoms with E-state index in [0.29, 0.717) is 5.75 Å². The van der Waals surface area contributed by atoms with Crippen LogP contribution in [0, 0.1) is 0 Å². The average Bonchev–Trinajstić information content (AvgIpc) is 2.46. The van der Waals surface area contributed by atoms with Crippen LogP contribution in [0.1, 0.15) is 13.8 Å². The van der Waals surface area contributed by atoms with Crippen LogP contribution in [0.2, 0.25) is 0 Å². The first-order valence-electron chi connectivity index (χ1n) is 6.26. The molecule has 1 N–H and O–H groups in total. The van der Waals surface area contributed by atoms with Crippen molar-refractivity contribution in [3.05, 3.63) is 18.2 Å². The minimum absolute atomic E-state index is 0.111. The van der Waals surface area contributed by atoms with Gasteiger partial charge in [-0.25, -0.2) is 8.42 Å². The fourth-order valence-corrected chi connectivity index (χ4v) is 2.98. The Bertz CT molecular complexity index is 599. The molecule has 1 rings (SSSR count). The summed E-state index contributed by atoms with van der Waals surface area (Å²) in [6.07, 6.45) is 0. The molecule has 0 saturated carbocycles. The van der Waals surface area contributed by atoms with Crippen LogP contribution in [0.15, 0.2) is 23.1 Å². The van der Waals surface area contributed by atoms with Crippen LogP contribution in [0.25, 0.3) is 0 Å². The van der Waals surface area contributed by atoms with Gasteiger partial charge in [-0.05, 0) is 26.0 Å². The zero-order valence-corrected chi connectivity index (χ0v) is 13.2. The zero-order chi connectivity index (χ0) is 16.0. The highest BCUT2D eigenvalue weighted by Crippen LogP contribution is 2.28. The molecule has 0 saturated heterocycles. The Morgan fingerprint density at radius 3 is 2.48 bits per heavy atom. The van der Waals surface area contributed by atoms with E-state index in [9.17, 15) is 13.2 Å². The molecule has 0 aliphatic rings. The molecule has 1 aromatic carbocycles. The summed E-state index contributed by atoms with van der Waals surface area (Å²) in [5.41, 5.74) is 0. The third-order valence-corrected chi connectivity index (χ3v) is 4.19. The minimum atomic E-state index is -3.95. The second-order valence-corrected chi connectivity index (χ2v) is 5.79. The Hall–Kier alpha value is -1.80. The standard InChI is InChI=1S/C13H19NO6S/c1-5-20-13(15)9(2)14-21(16,17)12-8-10(18-3)6-7-11(12)19-4/h6-9,14H,5H2,1-4H3. The normalized spacial score (nSPS) is 12.6. The Balaban J connectivity index is 3.09. The number of nitrogens with one attached hydrogen (secondary N) is 1. The number of methoxy groups -OCH3 is 2. The van der Waals surface area contributed by atoms with Gasteiger partial charge < -0.3 is 14.2 Å². The Morgan fingerprint density at radius 2 is 1.95 bits per heavy atom. The van der Waals surface area contributed by atoms with Crippen molar-refractivity contribution in [1.29, 1.82) is 0 Å². The molecule has 0 fully saturated rings. The van der Waals surface area contributed by atoms with E-state index < -0.39 is 22.0 Å². The van der Waals surface area contributed by atoms with Gasteiger partial charge in [-0.2, -0.15) is 4.72 Å². The molecule has 7 nitrogen and oxygen atoms in total. The molecule has 21 heavy (non-hydrogen) atoms. The Kier molecular flexibility index (Phi) is 5.98. The van der Waals surface area contributed by atoms with Crippen molar-refractivity contribution in [2.75, 3.05) is 20.8 Å². The lowest BCUT2D eigenvalue weighted by molar-refractivity contribution is -0.144. The van der Waals surface area contributed by atoms with E-state index in [1.807, 2.05) is 0 Å². The maximum atomic E-state index is 12.3. The van der Waals surface area contributed by atoms with Gasteiger partial charge >= 0.3 is 5.97 Å². The van der Waals surface area contributed by atoms with Gasteiger partial charge in [0, 0.05) is 6.07 Å². The van der Waals surface area contributed by atoms with E-state index in [0.717, 1.165) is 0 Å². The summed E-state index contributed by atoms with van der Waals surface area (Å²) < 4.78 is 41.7. The van der Waals surface area contributed by atoms with E-state index in [1.54, 1.807) is 13.0 Å². The van der Waals surface area contributed by atoms with Gasteiger partial charge in [0.05, 0.1) is 20.8 Å². The molecule has 118 valence electrons. The molecule has 0 radical (unpaired) electrons. The van der Waals surface area contributed by atoms with E-state index in [-0.39, 0.29) is 17.3 Å². The van der Waals surface area contributed by atoms with Crippen LogP contribution in [-0.2, 0) is 19.6 Å². The summed E-state index contributed by atoms with van der Waals surface area (Å²) in [4.78, 5) is 11.4. The predicted octanol–water partition coefficient (Wildman–Crippen LogP) is 0.934. The summed E-state index contributed by atoms with van der Waals surface area (Å²) in [7, 11) is -1.17. The fourth-order valence-electron chi connectivity index (χ4n) is 1.61. The third kappa shape index (κ3) is 4.33. The van der Waals surface area contributed by atoms with Gasteiger partial charge in [-0.1, -0.05) is 0 Å². The van der Waals surface area contributed by atoms with Crippen LogP contribution in [0.3, 0.4) is 0 Å². The quantitative estimate of drug-likeness (QED) is 0.752. The fraction of sp³-hybridized carbons (Fsp3) is 0.462. The highest BCUT2D eigenvalue weighted by atomic mass is 32.2. The van der Waals surface area contributed by atoms with Crippen LogP contribution in [0.5, 0.6) is 11.5 Å². The number of hydrogen-bond acceptors (Lipinski definition) is 6. The van der Waals surface area contributed by atoms with Crippen molar-refractivity contribution < 1.29 is 27.4 Å². The van der Waals surface area contributed by atoms with Gasteiger partial charge in [0.2, 0.25) is 10.0 Å². The Morgan fingerprint density at radius 1 is 1.29 bits per heavy atom. The first-order chi connectivity index (χ1) is 9.85. The van der Waals surface area contributed by atoms with Crippen molar-refractivity contribution in [2.24, 2.45) is 0 Å². The largest absolute Gasteiger partial charge is 0.497 e. The number of sulfonamides is 1. The number of ether oxygens (including phenoxy) is 3. The van der Waals surface area contributed by atoms with E-state index in [4.69, 9.17) is 14.2 Å². The lowest BCUT2D eigenvalue weighted by Crippen LogP contribution is -2.39. The molecule has 8 heteroatoms. The molecule has 0 amide bonds. The first kappa shape index (κ1) is 17.3. The Labute approximate surface area is 124 Å². The van der Waals surface area contributed by atoms with Gasteiger partial charge in [-0.3, -0.25) is 4.79 Å². The average molecular weight is 317 g/mol. The summed E-state index contributed by atoms with van der Waals surface area (Å²) in [5, 5.41) is 0. The summed E-state index contributed by atoms with van der Waals surface area (Å²) in [6.45, 7) is 3.22. The van der Waals surface area contributed by atoms with Gasteiger partial charge in [0.1, 0.15) is 22.4 Å². The molecule has 0 spiro atoms. The second-order valence-electron chi connectivity index (χ2n) is 4.11. The molecule has 0 aromatic heterocycles. The number of esters is 1. The maximum Gasteiger partial charge on any atom is 0.323 e. The van der Waals surface area contributed by atoms with Crippen molar-refractivity contribution in [2.45, 2.75) is 24.8 Å². The highest BCUT2D eigenvalue weighted by molar-refractivity contribution is 7.89. The molecule has 1 atom stereocenters. The van der Waals surface area contributed by atoms with Gasteiger partial charge in [0.25, 0.3) is 0 Å². The topological polar surface area (TPSA) is 90.9 Å². The summed E-state index contributed by atoms with van der Waals surface area (Å²) >= 11 is 0. The molecule has 0 aliphatic carbocycles. The zero-order valence-electron chi connectivity index (χ0n) is 12.4. The first-order valence-corrected chi connectivity index (χ1v) is 7.75. The summed E-state index contributed by atoms with van der Waals surface area (Å²) in [5.74, 6) is -0.137. The SMILES string of the molecule is CCOC(=O)C(C)NS(=O)(=O)c1cc(OC)ccc1OC. The molecule has 0 bridgehead atoms. The van der Waals surface area contributed by atoms with Crippen LogP contribution in [-0.4, -0.2) is 41.3 Å². The highest BCUT2D eigenvalue weighted by Gasteiger charge is 2.26. The summed E-state index contributed by atoms with van der Waals surface area (Å²) in [6, 6.07) is 3.36. The van der Waals surface area contributed by atoms with Crippen molar-refractivity contribution >= 4 is 16.0 Å². The van der Waals surface area contributed by atoms with Crippen LogP contribution >= 0.6 is 0 Å². The molecular weight excluding hydrogens is 298 g/mol. The van der Waals surface area contributed by atoms with E-state index in [2.05, 4.69) is 4.72 Å². The van der Waals surface area contributed by atoms with Crippen molar-refractivity contribution in [3.63, 3.8) is 0 Å². The van der Waals surface area contributed by atoms with Crippen LogP contribution in [0.4, 0.5) is 0 Å². The minimum Gasteiger partial charge on any atom is -0.497 e. The smallest absolute Gasteiger partial charge is 0.323 e. The van der Waals surface area contributed by atoms with Gasteiger partial charge in [0.15, 0.2) is 0 Å². The number of rotatable bonds is 7. The lowest BCUT2D eigenvalue weighted by Gasteiger charge is -2.15. The maximum absolute atomic E-state index is 12.3. The number of carbonyl (C=O) groups excluding carboxylic acids is 1. The monoisotopic (exact) mass is 317 g/mol. The molecule has 1 aromatic rings. The van der Waals surface area contributed by atoms with Crippen molar-refractivity contribution in [1.82, 2.24) is 4.72 Å². The van der Waals surface area contributed by atoms with Crippen molar-refractivity contribution in [3.8, 4) is 11.5 Å². The molecule has 0 aliphatic heterocycles. The molecular formula is C13H19NO6S. The second kappa shape index (κ2) is 7.28. The number of carbonyl (C=O) groups is 1. The van der Waals surface area contributed by atoms with E-state index >= 15 is 0 Å². The number of benzene rings is 1.